The van der Waals surface area contributed by atoms with Crippen LogP contribution >= 0.6 is 22.7 Å². The van der Waals surface area contributed by atoms with E-state index in [0.29, 0.717) is 11.3 Å². The van der Waals surface area contributed by atoms with Crippen molar-refractivity contribution in [3.8, 4) is 9.88 Å². The smallest absolute Gasteiger partial charge is 0.270 e. The Morgan fingerprint density at radius 1 is 1.27 bits per heavy atom. The summed E-state index contributed by atoms with van der Waals surface area (Å²) < 4.78 is 0. The first-order chi connectivity index (χ1) is 10.7. The first kappa shape index (κ1) is 14.8. The lowest BCUT2D eigenvalue weighted by atomic mass is 10.1. The van der Waals surface area contributed by atoms with E-state index in [1.165, 1.54) is 11.3 Å². The van der Waals surface area contributed by atoms with Gasteiger partial charge in [0.2, 0.25) is 0 Å². The summed E-state index contributed by atoms with van der Waals surface area (Å²) >= 11 is 3.02. The molecule has 0 spiro atoms. The second-order valence-electron chi connectivity index (χ2n) is 4.52. The molecule has 7 heteroatoms. The van der Waals surface area contributed by atoms with Crippen molar-refractivity contribution in [2.24, 2.45) is 0 Å². The zero-order valence-corrected chi connectivity index (χ0v) is 13.1. The van der Waals surface area contributed by atoms with Crippen LogP contribution in [-0.4, -0.2) is 27.5 Å². The SMILES string of the molecule is O=C(NC[C@H](O)c1ccncc1)c1csc(-c2cccs2)n1. The van der Waals surface area contributed by atoms with Gasteiger partial charge in [0.05, 0.1) is 11.0 Å². The summed E-state index contributed by atoms with van der Waals surface area (Å²) in [6, 6.07) is 7.35. The summed E-state index contributed by atoms with van der Waals surface area (Å²) in [6.45, 7) is 0.134. The van der Waals surface area contributed by atoms with Crippen LogP contribution in [0.4, 0.5) is 0 Å². The fourth-order valence-electron chi connectivity index (χ4n) is 1.87. The van der Waals surface area contributed by atoms with Gasteiger partial charge in [-0.05, 0) is 29.1 Å². The Balaban J connectivity index is 1.61. The zero-order chi connectivity index (χ0) is 15.4. The van der Waals surface area contributed by atoms with E-state index in [-0.39, 0.29) is 12.5 Å². The minimum Gasteiger partial charge on any atom is -0.387 e. The molecule has 2 N–H and O–H groups in total. The van der Waals surface area contributed by atoms with E-state index >= 15 is 0 Å². The van der Waals surface area contributed by atoms with Gasteiger partial charge >= 0.3 is 0 Å². The Bertz CT molecular complexity index is 741. The number of aliphatic hydroxyl groups is 1. The third-order valence-electron chi connectivity index (χ3n) is 3.02. The average Bonchev–Trinajstić information content (AvgIpc) is 3.23. The third-order valence-corrected chi connectivity index (χ3v) is 4.90. The van der Waals surface area contributed by atoms with Gasteiger partial charge in [-0.15, -0.1) is 22.7 Å². The van der Waals surface area contributed by atoms with Crippen molar-refractivity contribution < 1.29 is 9.90 Å². The van der Waals surface area contributed by atoms with Gasteiger partial charge in [-0.1, -0.05) is 6.07 Å². The molecule has 5 nitrogen and oxygen atoms in total. The van der Waals surface area contributed by atoms with Crippen molar-refractivity contribution in [2.75, 3.05) is 6.54 Å². The molecule has 1 atom stereocenters. The highest BCUT2D eigenvalue weighted by molar-refractivity contribution is 7.20. The highest BCUT2D eigenvalue weighted by Gasteiger charge is 2.14. The number of carbonyl (C=O) groups is 1. The molecule has 3 heterocycles. The number of thiazole rings is 1. The maximum Gasteiger partial charge on any atom is 0.270 e. The van der Waals surface area contributed by atoms with Crippen LogP contribution in [0.25, 0.3) is 9.88 Å². The van der Waals surface area contributed by atoms with E-state index in [1.807, 2.05) is 17.5 Å². The Kier molecular flexibility index (Phi) is 4.57. The lowest BCUT2D eigenvalue weighted by Gasteiger charge is -2.11. The van der Waals surface area contributed by atoms with Crippen molar-refractivity contribution in [1.82, 2.24) is 15.3 Å². The molecule has 112 valence electrons. The summed E-state index contributed by atoms with van der Waals surface area (Å²) in [5.74, 6) is -0.285. The van der Waals surface area contributed by atoms with Crippen molar-refractivity contribution in [2.45, 2.75) is 6.10 Å². The summed E-state index contributed by atoms with van der Waals surface area (Å²) in [6.07, 6.45) is 2.45. The molecular formula is C15H13N3O2S2. The largest absolute Gasteiger partial charge is 0.387 e. The molecule has 3 rings (SSSR count). The van der Waals surface area contributed by atoms with Gasteiger partial charge in [0.1, 0.15) is 10.7 Å². The minimum atomic E-state index is -0.762. The first-order valence-electron chi connectivity index (χ1n) is 6.59. The highest BCUT2D eigenvalue weighted by atomic mass is 32.1. The van der Waals surface area contributed by atoms with Crippen LogP contribution in [0.1, 0.15) is 22.2 Å². The number of thiophene rings is 1. The van der Waals surface area contributed by atoms with Gasteiger partial charge in [-0.3, -0.25) is 9.78 Å². The molecule has 1 amide bonds. The Labute approximate surface area is 135 Å². The number of hydrogen-bond donors (Lipinski definition) is 2. The Morgan fingerprint density at radius 3 is 2.82 bits per heavy atom. The number of amides is 1. The van der Waals surface area contributed by atoms with Crippen LogP contribution in [0, 0.1) is 0 Å². The number of nitrogens with zero attached hydrogens (tertiary/aromatic N) is 2. The normalized spacial score (nSPS) is 12.0. The van der Waals surface area contributed by atoms with Crippen LogP contribution in [0.15, 0.2) is 47.4 Å². The lowest BCUT2D eigenvalue weighted by Crippen LogP contribution is -2.28. The maximum absolute atomic E-state index is 12.1. The fourth-order valence-corrected chi connectivity index (χ4v) is 3.49. The quantitative estimate of drug-likeness (QED) is 0.754. The van der Waals surface area contributed by atoms with E-state index in [4.69, 9.17) is 0 Å². The summed E-state index contributed by atoms with van der Waals surface area (Å²) in [4.78, 5) is 21.3. The van der Waals surface area contributed by atoms with Crippen LogP contribution in [0.2, 0.25) is 0 Å². The second kappa shape index (κ2) is 6.78. The summed E-state index contributed by atoms with van der Waals surface area (Å²) in [5, 5.41) is 17.2. The van der Waals surface area contributed by atoms with Crippen LogP contribution in [-0.2, 0) is 0 Å². The molecule has 3 aromatic heterocycles. The number of aromatic nitrogens is 2. The molecule has 0 bridgehead atoms. The van der Waals surface area contributed by atoms with Gasteiger partial charge in [0.25, 0.3) is 5.91 Å². The van der Waals surface area contributed by atoms with Gasteiger partial charge in [-0.2, -0.15) is 0 Å². The van der Waals surface area contributed by atoms with Crippen molar-refractivity contribution in [1.29, 1.82) is 0 Å². The molecule has 0 saturated heterocycles. The molecule has 0 aliphatic carbocycles. The van der Waals surface area contributed by atoms with E-state index in [9.17, 15) is 9.90 Å². The number of carbonyl (C=O) groups excluding carboxylic acids is 1. The molecule has 0 fully saturated rings. The second-order valence-corrected chi connectivity index (χ2v) is 6.33. The van der Waals surface area contributed by atoms with Gasteiger partial charge in [-0.25, -0.2) is 4.98 Å². The number of aliphatic hydroxyl groups excluding tert-OH is 1. The Morgan fingerprint density at radius 2 is 2.09 bits per heavy atom. The third kappa shape index (κ3) is 3.38. The highest BCUT2D eigenvalue weighted by Crippen LogP contribution is 2.27. The topological polar surface area (TPSA) is 75.1 Å². The van der Waals surface area contributed by atoms with E-state index < -0.39 is 6.10 Å². The van der Waals surface area contributed by atoms with Crippen LogP contribution in [0.3, 0.4) is 0 Å². The molecule has 0 aromatic carbocycles. The summed E-state index contributed by atoms with van der Waals surface area (Å²) in [5.41, 5.74) is 1.09. The molecular weight excluding hydrogens is 318 g/mol. The average molecular weight is 331 g/mol. The van der Waals surface area contributed by atoms with Crippen molar-refractivity contribution in [3.05, 3.63) is 58.7 Å². The zero-order valence-electron chi connectivity index (χ0n) is 11.5. The number of hydrogen-bond acceptors (Lipinski definition) is 6. The number of nitrogens with one attached hydrogen (secondary N) is 1. The van der Waals surface area contributed by atoms with Gasteiger partial charge in [0, 0.05) is 24.3 Å². The predicted octanol–water partition coefficient (Wildman–Crippen LogP) is 2.73. The van der Waals surface area contributed by atoms with Crippen molar-refractivity contribution in [3.63, 3.8) is 0 Å². The standard InChI is InChI=1S/C15H13N3O2S2/c19-12(10-3-5-16-6-4-10)8-17-14(20)11-9-22-15(18-11)13-2-1-7-21-13/h1-7,9,12,19H,8H2,(H,17,20)/t12-/m0/s1. The molecule has 22 heavy (non-hydrogen) atoms. The number of pyridine rings is 1. The predicted molar refractivity (Wildman–Crippen MR) is 87.0 cm³/mol. The summed E-state index contributed by atoms with van der Waals surface area (Å²) in [7, 11) is 0. The molecule has 0 saturated carbocycles. The van der Waals surface area contributed by atoms with Gasteiger partial charge < -0.3 is 10.4 Å². The molecule has 0 radical (unpaired) electrons. The van der Waals surface area contributed by atoms with Gasteiger partial charge in [0.15, 0.2) is 0 Å². The lowest BCUT2D eigenvalue weighted by molar-refractivity contribution is 0.0912. The molecule has 0 unspecified atom stereocenters. The van der Waals surface area contributed by atoms with E-state index in [0.717, 1.165) is 9.88 Å². The van der Waals surface area contributed by atoms with Crippen molar-refractivity contribution >= 4 is 28.6 Å². The maximum atomic E-state index is 12.1. The number of rotatable bonds is 5. The first-order valence-corrected chi connectivity index (χ1v) is 8.35. The molecule has 0 aliphatic rings. The molecule has 0 aliphatic heterocycles. The minimum absolute atomic E-state index is 0.134. The Hall–Kier alpha value is -2.09. The van der Waals surface area contributed by atoms with Crippen LogP contribution in [0.5, 0.6) is 0 Å². The van der Waals surface area contributed by atoms with E-state index in [2.05, 4.69) is 15.3 Å². The fraction of sp³-hybridized carbons (Fsp3) is 0.133. The monoisotopic (exact) mass is 331 g/mol. The van der Waals surface area contributed by atoms with Crippen LogP contribution < -0.4 is 5.32 Å². The molecule has 3 aromatic rings. The van der Waals surface area contributed by atoms with E-state index in [1.54, 1.807) is 41.2 Å².